The van der Waals surface area contributed by atoms with Crippen molar-refractivity contribution >= 4 is 29.0 Å². The Morgan fingerprint density at radius 1 is 1.15 bits per heavy atom. The first kappa shape index (κ1) is 19.8. The van der Waals surface area contributed by atoms with Gasteiger partial charge in [-0.05, 0) is 42.0 Å². The van der Waals surface area contributed by atoms with Gasteiger partial charge in [0.05, 0.1) is 0 Å². The number of nitrogens with zero attached hydrogens (tertiary/aromatic N) is 1. The van der Waals surface area contributed by atoms with Crippen molar-refractivity contribution in [3.63, 3.8) is 0 Å². The molecule has 1 fully saturated rings. The number of anilines is 1. The molecule has 6 nitrogen and oxygen atoms in total. The minimum atomic E-state index is -0.339. The third kappa shape index (κ3) is 6.10. The van der Waals surface area contributed by atoms with Crippen LogP contribution in [0.4, 0.5) is 5.69 Å². The summed E-state index contributed by atoms with van der Waals surface area (Å²) < 4.78 is 0. The number of hydrogen-bond donors (Lipinski definition) is 2. The van der Waals surface area contributed by atoms with Gasteiger partial charge in [-0.3, -0.25) is 14.4 Å². The Morgan fingerprint density at radius 3 is 2.38 bits per heavy atom. The number of hydrogen-bond acceptors (Lipinski definition) is 4. The molecular weight excluding hydrogens is 330 g/mol. The highest BCUT2D eigenvalue weighted by Gasteiger charge is 2.30. The molecule has 26 heavy (non-hydrogen) atoms. The molecule has 0 heterocycles. The van der Waals surface area contributed by atoms with E-state index in [0.717, 1.165) is 0 Å². The predicted octanol–water partition coefficient (Wildman–Crippen LogP) is 3.54. The van der Waals surface area contributed by atoms with Gasteiger partial charge in [-0.1, -0.05) is 27.7 Å². The average Bonchev–Trinajstić information content (AvgIpc) is 2.50. The van der Waals surface area contributed by atoms with E-state index in [-0.39, 0.29) is 28.9 Å². The van der Waals surface area contributed by atoms with Crippen molar-refractivity contribution < 1.29 is 14.4 Å². The molecule has 0 atom stereocenters. The van der Waals surface area contributed by atoms with E-state index in [1.165, 1.54) is 0 Å². The Kier molecular flexibility index (Phi) is 6.29. The van der Waals surface area contributed by atoms with Gasteiger partial charge >= 0.3 is 0 Å². The van der Waals surface area contributed by atoms with E-state index >= 15 is 0 Å². The fourth-order valence-corrected chi connectivity index (χ4v) is 3.06. The van der Waals surface area contributed by atoms with Crippen LogP contribution in [0.5, 0.6) is 0 Å². The van der Waals surface area contributed by atoms with Crippen molar-refractivity contribution in [3.8, 4) is 0 Å². The minimum Gasteiger partial charge on any atom is -0.326 e. The van der Waals surface area contributed by atoms with Crippen molar-refractivity contribution in [3.05, 3.63) is 29.8 Å². The molecule has 1 aliphatic rings. The number of amides is 2. The van der Waals surface area contributed by atoms with E-state index in [1.54, 1.807) is 24.3 Å². The summed E-state index contributed by atoms with van der Waals surface area (Å²) in [5.41, 5.74) is 4.21. The first-order valence-corrected chi connectivity index (χ1v) is 8.92. The highest BCUT2D eigenvalue weighted by atomic mass is 16.2. The molecule has 0 aromatic heterocycles. The topological polar surface area (TPSA) is 87.6 Å². The molecule has 1 aromatic rings. The lowest BCUT2D eigenvalue weighted by atomic mass is 9.76. The number of benzene rings is 1. The van der Waals surface area contributed by atoms with Gasteiger partial charge in [0.2, 0.25) is 5.91 Å². The van der Waals surface area contributed by atoms with Crippen LogP contribution in [0.25, 0.3) is 0 Å². The van der Waals surface area contributed by atoms with E-state index in [4.69, 9.17) is 0 Å². The first-order valence-electron chi connectivity index (χ1n) is 8.92. The normalized spacial score (nSPS) is 18.0. The monoisotopic (exact) mass is 357 g/mol. The van der Waals surface area contributed by atoms with Crippen molar-refractivity contribution in [1.82, 2.24) is 5.43 Å². The molecular formula is C20H27N3O3. The fraction of sp³-hybridized carbons (Fsp3) is 0.500. The van der Waals surface area contributed by atoms with E-state index in [9.17, 15) is 14.4 Å². The summed E-state index contributed by atoms with van der Waals surface area (Å²) in [7, 11) is 0. The standard InChI is InChI=1S/C20H27N3O3/c1-13(2)9-18(25)21-15-7-5-14(6-8-15)19(26)23-22-16-10-17(24)12-20(3,4)11-16/h5-8,13H,9-12H2,1-4H3,(H,21,25)(H,23,26). The molecule has 0 aliphatic heterocycles. The summed E-state index contributed by atoms with van der Waals surface area (Å²) in [4.78, 5) is 35.7. The average molecular weight is 357 g/mol. The number of ketones is 1. The second-order valence-electron chi connectivity index (χ2n) is 8.08. The predicted molar refractivity (Wildman–Crippen MR) is 102 cm³/mol. The van der Waals surface area contributed by atoms with Crippen molar-refractivity contribution in [1.29, 1.82) is 0 Å². The molecule has 0 radical (unpaired) electrons. The molecule has 0 saturated heterocycles. The van der Waals surface area contributed by atoms with Crippen molar-refractivity contribution in [2.75, 3.05) is 5.32 Å². The van der Waals surface area contributed by atoms with E-state index in [2.05, 4.69) is 15.8 Å². The molecule has 0 spiro atoms. The Morgan fingerprint density at radius 2 is 1.81 bits per heavy atom. The third-order valence-corrected chi connectivity index (χ3v) is 4.10. The zero-order chi connectivity index (χ0) is 19.3. The Hall–Kier alpha value is -2.50. The van der Waals surface area contributed by atoms with Crippen LogP contribution in [-0.2, 0) is 9.59 Å². The summed E-state index contributed by atoms with van der Waals surface area (Å²) >= 11 is 0. The van der Waals surface area contributed by atoms with Crippen LogP contribution in [0.2, 0.25) is 0 Å². The second-order valence-corrected chi connectivity index (χ2v) is 8.08. The Labute approximate surface area is 154 Å². The number of rotatable bonds is 5. The quantitative estimate of drug-likeness (QED) is 0.790. The molecule has 140 valence electrons. The number of Topliss-reactive ketones (excluding diaryl/α,β-unsaturated/α-hetero) is 1. The number of carbonyl (C=O) groups excluding carboxylic acids is 3. The highest BCUT2D eigenvalue weighted by molar-refractivity contribution is 6.05. The van der Waals surface area contributed by atoms with Gasteiger partial charge in [0.15, 0.2) is 0 Å². The zero-order valence-electron chi connectivity index (χ0n) is 15.9. The number of hydrazone groups is 1. The Bertz CT molecular complexity index is 718. The molecule has 1 aliphatic carbocycles. The smallest absolute Gasteiger partial charge is 0.271 e. The fourth-order valence-electron chi connectivity index (χ4n) is 3.06. The van der Waals surface area contributed by atoms with Crippen molar-refractivity contribution in [2.45, 2.75) is 53.4 Å². The van der Waals surface area contributed by atoms with Gasteiger partial charge < -0.3 is 5.32 Å². The lowest BCUT2D eigenvalue weighted by Gasteiger charge is -2.28. The highest BCUT2D eigenvalue weighted by Crippen LogP contribution is 2.31. The van der Waals surface area contributed by atoms with Gasteiger partial charge in [0.1, 0.15) is 5.78 Å². The van der Waals surface area contributed by atoms with Crippen LogP contribution in [0.1, 0.15) is 63.7 Å². The lowest BCUT2D eigenvalue weighted by Crippen LogP contribution is -2.31. The second kappa shape index (κ2) is 8.25. The van der Waals surface area contributed by atoms with Crippen molar-refractivity contribution in [2.24, 2.45) is 16.4 Å². The molecule has 1 saturated carbocycles. The SMILES string of the molecule is CC(C)CC(=O)Nc1ccc(C(=O)NN=C2CC(=O)CC(C)(C)C2)cc1. The minimum absolute atomic E-state index is 0.0480. The Balaban J connectivity index is 1.94. The molecule has 2 amide bonds. The summed E-state index contributed by atoms with van der Waals surface area (Å²) in [6.45, 7) is 8.01. The molecule has 6 heteroatoms. The zero-order valence-corrected chi connectivity index (χ0v) is 15.9. The largest absolute Gasteiger partial charge is 0.326 e. The van der Waals surface area contributed by atoms with E-state index in [1.807, 2.05) is 27.7 Å². The molecule has 0 bridgehead atoms. The number of carbonyl (C=O) groups is 3. The maximum absolute atomic E-state index is 12.2. The van der Waals surface area contributed by atoms with Gasteiger partial charge in [0, 0.05) is 36.2 Å². The number of nitrogens with one attached hydrogen (secondary N) is 2. The van der Waals surface area contributed by atoms with Gasteiger partial charge in [-0.15, -0.1) is 0 Å². The summed E-state index contributed by atoms with van der Waals surface area (Å²) in [6.07, 6.45) is 1.99. The maximum Gasteiger partial charge on any atom is 0.271 e. The molecule has 2 rings (SSSR count). The maximum atomic E-state index is 12.2. The summed E-state index contributed by atoms with van der Waals surface area (Å²) in [6, 6.07) is 6.65. The van der Waals surface area contributed by atoms with Crippen LogP contribution < -0.4 is 10.7 Å². The van der Waals surface area contributed by atoms with Crippen LogP contribution in [0.15, 0.2) is 29.4 Å². The summed E-state index contributed by atoms with van der Waals surface area (Å²) in [5, 5.41) is 6.94. The van der Waals surface area contributed by atoms with Crippen LogP contribution in [0, 0.1) is 11.3 Å². The molecule has 1 aromatic carbocycles. The third-order valence-electron chi connectivity index (χ3n) is 4.10. The molecule has 0 unspecified atom stereocenters. The first-order chi connectivity index (χ1) is 12.1. The van der Waals surface area contributed by atoms with Crippen LogP contribution in [0.3, 0.4) is 0 Å². The van der Waals surface area contributed by atoms with Crippen LogP contribution in [-0.4, -0.2) is 23.3 Å². The lowest BCUT2D eigenvalue weighted by molar-refractivity contribution is -0.120. The van der Waals surface area contributed by atoms with Crippen LogP contribution >= 0.6 is 0 Å². The summed E-state index contributed by atoms with van der Waals surface area (Å²) in [5.74, 6) is 0.0492. The van der Waals surface area contributed by atoms with E-state index in [0.29, 0.717) is 42.6 Å². The van der Waals surface area contributed by atoms with Gasteiger partial charge in [-0.25, -0.2) is 5.43 Å². The van der Waals surface area contributed by atoms with E-state index < -0.39 is 0 Å². The molecule has 2 N–H and O–H groups in total. The van der Waals surface area contributed by atoms with Gasteiger partial charge in [-0.2, -0.15) is 5.10 Å². The van der Waals surface area contributed by atoms with Gasteiger partial charge in [0.25, 0.3) is 5.91 Å².